The average Bonchev–Trinajstić information content (AvgIpc) is 1.67. The first-order chi connectivity index (χ1) is 52.3. The van der Waals surface area contributed by atoms with Crippen LogP contribution in [0.4, 0.5) is 43.9 Å². The summed E-state index contributed by atoms with van der Waals surface area (Å²) in [4.78, 5) is 34.8. The van der Waals surface area contributed by atoms with Gasteiger partial charge in [-0.25, -0.2) is 21.8 Å². The third-order valence-electron chi connectivity index (χ3n) is 17.7. The Morgan fingerprint density at radius 3 is 1.05 bits per heavy atom. The average molecular weight is 1680 g/mol. The van der Waals surface area contributed by atoms with Crippen molar-refractivity contribution in [3.63, 3.8) is 0 Å². The van der Waals surface area contributed by atoms with Gasteiger partial charge in [0, 0.05) is 66.9 Å². The normalized spacial score (nSPS) is 12.2. The summed E-state index contributed by atoms with van der Waals surface area (Å²) < 4.78 is 148. The number of nitrogens with zero attached hydrogens (tertiary/aromatic N) is 10. The highest BCUT2D eigenvalue weighted by molar-refractivity contribution is 8.26. The van der Waals surface area contributed by atoms with Crippen molar-refractivity contribution in [2.45, 2.75) is 137 Å². The summed E-state index contributed by atoms with van der Waals surface area (Å²) >= 11 is 14.7. The van der Waals surface area contributed by atoms with Crippen LogP contribution in [0.1, 0.15) is 118 Å². The second-order valence-corrected chi connectivity index (χ2v) is 30.9. The van der Waals surface area contributed by atoms with E-state index in [2.05, 4.69) is 73.5 Å². The molecular formula is C80H73Cl3F10N10O3S5. The molecule has 4 heterocycles. The van der Waals surface area contributed by atoms with Crippen LogP contribution in [-0.2, 0) is 108 Å². The lowest BCUT2D eigenvalue weighted by Gasteiger charge is -2.18. The van der Waals surface area contributed by atoms with Gasteiger partial charge >= 0.3 is 12.4 Å². The molecule has 0 unspecified atom stereocenters. The molecule has 0 saturated carbocycles. The maximum absolute atomic E-state index is 13.6. The van der Waals surface area contributed by atoms with Crippen LogP contribution in [0.25, 0.3) is 22.3 Å². The number of hydrogen-bond donors (Lipinski definition) is 1. The second kappa shape index (κ2) is 40.3. The number of thiol groups is 1. The molecule has 14 rings (SSSR count). The lowest BCUT2D eigenvalue weighted by Crippen LogP contribution is -2.23. The van der Waals surface area contributed by atoms with E-state index < -0.39 is 32.7 Å². The lowest BCUT2D eigenvalue weighted by atomic mass is 10.0. The summed E-state index contributed by atoms with van der Waals surface area (Å²) in [5.41, 5.74) is 10.1. The summed E-state index contributed by atoms with van der Waals surface area (Å²) in [6.07, 6.45) is -4.25. The third kappa shape index (κ3) is 23.8. The molecule has 0 atom stereocenters. The minimum atomic E-state index is -4.40. The molecule has 31 heteroatoms. The van der Waals surface area contributed by atoms with Gasteiger partial charge in [0.15, 0.2) is 22.0 Å². The van der Waals surface area contributed by atoms with Crippen molar-refractivity contribution in [3.05, 3.63) is 328 Å². The smallest absolute Gasteiger partial charge is 0.316 e. The SMILES string of the molecule is C.C.Fc1ccc(CS)cc1.O=S(Cl)Cl.O=c1nc(SCc2ccc(F)cc2)n(Cc2nnc(CCl)n2Cc2ccc(-c3ccc(C(F)(F)F)cc3)cc2)c2c1CCC2.O=c1nc(SCc2ccc(F)cc2)n(Cc2nnc(CSCc3ccc(F)cc3)n2Cc2ccc(-c3ccc(C(F)(F)F)cc3)cc2)c2c1CCC2. The number of halogens is 13. The summed E-state index contributed by atoms with van der Waals surface area (Å²) in [5, 5.41) is 19.1. The molecular weight excluding hydrogens is 1610 g/mol. The van der Waals surface area contributed by atoms with Gasteiger partial charge in [0.05, 0.1) is 48.9 Å². The topological polar surface area (TPSA) is 148 Å². The van der Waals surface area contributed by atoms with Gasteiger partial charge in [-0.05, 0) is 167 Å². The number of alkyl halides is 7. The second-order valence-electron chi connectivity index (χ2n) is 25.0. The van der Waals surface area contributed by atoms with Crippen LogP contribution >= 0.6 is 80.9 Å². The van der Waals surface area contributed by atoms with E-state index in [1.807, 2.05) is 57.7 Å². The summed E-state index contributed by atoms with van der Waals surface area (Å²) in [6, 6.07) is 50.6. The number of hydrogen-bond acceptors (Lipinski definition) is 13. The standard InChI is InChI=1S/C39H32F5N5OS2.C32H26ClF4N5OS.C7H7FS.2CH4.Cl2OS/c40-31-16-6-26(7-17-31)22-51-24-36-47-46-35(49(36)20-25-4-10-28(11-5-25)29-12-14-30(15-13-29)39(42,43)44)21-48-34-3-1-2-33(34)37(50)45-38(48)52-23-27-8-18-32(41)19-9-27;33-16-28-39-40-29(42(28)17-20-4-8-22(9-5-20)23-10-12-24(13-11-23)32(35,36)37)18-41-27-3-1-2-26(27)30(43)38-31(41)44-19-21-6-14-25(34)15-7-21;8-7-3-1-6(5-9)2-4-7;;;1-4(2)3/h4-19H,1-3,20-24H2;4-15H,1-3,16-19H2;1-4,9H,5H2;2*1H4;. The van der Waals surface area contributed by atoms with E-state index in [4.69, 9.17) is 15.8 Å². The maximum atomic E-state index is 13.6. The zero-order chi connectivity index (χ0) is 77.4. The molecule has 0 bridgehead atoms. The molecule has 0 fully saturated rings. The van der Waals surface area contributed by atoms with Crippen molar-refractivity contribution in [1.82, 2.24) is 48.6 Å². The van der Waals surface area contributed by atoms with Crippen LogP contribution < -0.4 is 11.1 Å². The van der Waals surface area contributed by atoms with E-state index in [1.165, 1.54) is 96.3 Å². The molecule has 13 nitrogen and oxygen atoms in total. The Labute approximate surface area is 669 Å². The van der Waals surface area contributed by atoms with E-state index in [0.29, 0.717) is 112 Å². The quantitative estimate of drug-likeness (QED) is 0.0172. The monoisotopic (exact) mass is 1680 g/mol. The molecule has 2 aliphatic carbocycles. The molecule has 4 aromatic heterocycles. The van der Waals surface area contributed by atoms with Crippen molar-refractivity contribution < 1.29 is 48.1 Å². The molecule has 8 aromatic carbocycles. The Morgan fingerprint density at radius 2 is 0.703 bits per heavy atom. The number of rotatable bonds is 22. The fourth-order valence-corrected chi connectivity index (χ4v) is 15.4. The molecule has 0 aliphatic heterocycles. The molecule has 0 radical (unpaired) electrons. The number of aromatic nitrogens is 10. The number of benzene rings is 8. The first kappa shape index (κ1) is 86.5. The van der Waals surface area contributed by atoms with Crippen molar-refractivity contribution in [1.29, 1.82) is 0 Å². The number of fused-ring (bicyclic) bond motifs is 2. The van der Waals surface area contributed by atoms with Crippen molar-refractivity contribution in [3.8, 4) is 22.3 Å². The predicted octanol–water partition coefficient (Wildman–Crippen LogP) is 21.0. The Kier molecular flexibility index (Phi) is 31.4. The Morgan fingerprint density at radius 1 is 0.396 bits per heavy atom. The van der Waals surface area contributed by atoms with Crippen molar-refractivity contribution in [2.24, 2.45) is 0 Å². The molecule has 0 spiro atoms. The van der Waals surface area contributed by atoms with Crippen LogP contribution in [0.5, 0.6) is 0 Å². The Balaban J connectivity index is 0.000000218. The van der Waals surface area contributed by atoms with Gasteiger partial charge in [-0.2, -0.15) is 48.9 Å². The fraction of sp³-hybridized carbons (Fsp3) is 0.250. The van der Waals surface area contributed by atoms with Gasteiger partial charge in [-0.15, -0.1) is 43.8 Å². The zero-order valence-electron chi connectivity index (χ0n) is 57.5. The summed E-state index contributed by atoms with van der Waals surface area (Å²) in [5.74, 6) is 4.52. The van der Waals surface area contributed by atoms with Gasteiger partial charge in [-0.1, -0.05) is 160 Å². The van der Waals surface area contributed by atoms with Crippen molar-refractivity contribution in [2.75, 3.05) is 0 Å². The Bertz CT molecular complexity index is 5200. The maximum Gasteiger partial charge on any atom is 0.416 e. The van der Waals surface area contributed by atoms with E-state index in [9.17, 15) is 53.5 Å². The largest absolute Gasteiger partial charge is 0.416 e. The van der Waals surface area contributed by atoms with Crippen LogP contribution in [0.3, 0.4) is 0 Å². The fourth-order valence-electron chi connectivity index (χ4n) is 12.1. The highest BCUT2D eigenvalue weighted by Crippen LogP contribution is 2.35. The number of thioether (sulfide) groups is 3. The van der Waals surface area contributed by atoms with Gasteiger partial charge in [0.2, 0.25) is 9.23 Å². The Hall–Kier alpha value is -8.48. The van der Waals surface area contributed by atoms with Gasteiger partial charge in [-0.3, -0.25) is 9.59 Å². The first-order valence-electron chi connectivity index (χ1n) is 33.7. The van der Waals surface area contributed by atoms with E-state index >= 15 is 0 Å². The highest BCUT2D eigenvalue weighted by Gasteiger charge is 2.32. The van der Waals surface area contributed by atoms with Gasteiger partial charge < -0.3 is 18.3 Å². The highest BCUT2D eigenvalue weighted by atomic mass is 36.0. The van der Waals surface area contributed by atoms with Crippen LogP contribution in [-0.4, -0.2) is 52.8 Å². The molecule has 582 valence electrons. The van der Waals surface area contributed by atoms with E-state index in [-0.39, 0.29) is 55.1 Å². The van der Waals surface area contributed by atoms with E-state index in [1.54, 1.807) is 60.3 Å². The molecule has 12 aromatic rings. The minimum Gasteiger partial charge on any atom is -0.316 e. The first-order valence-corrected chi connectivity index (χ1v) is 40.8. The van der Waals surface area contributed by atoms with E-state index in [0.717, 1.165) is 117 Å². The van der Waals surface area contributed by atoms with Gasteiger partial charge in [0.25, 0.3) is 11.1 Å². The van der Waals surface area contributed by atoms with Crippen LogP contribution in [0, 0.1) is 23.3 Å². The van der Waals surface area contributed by atoms with Gasteiger partial charge in [0.1, 0.15) is 34.9 Å². The van der Waals surface area contributed by atoms with Crippen molar-refractivity contribution >= 4 is 90.1 Å². The summed E-state index contributed by atoms with van der Waals surface area (Å²) in [7, 11) is 7.36. The molecule has 111 heavy (non-hydrogen) atoms. The van der Waals surface area contributed by atoms with Crippen LogP contribution in [0.2, 0.25) is 0 Å². The molecule has 0 saturated heterocycles. The zero-order valence-corrected chi connectivity index (χ0v) is 63.9. The lowest BCUT2D eigenvalue weighted by molar-refractivity contribution is -0.138. The minimum absolute atomic E-state index is 0. The summed E-state index contributed by atoms with van der Waals surface area (Å²) in [6.45, 7) is 1.50. The predicted molar refractivity (Wildman–Crippen MR) is 427 cm³/mol. The molecule has 2 aliphatic rings. The van der Waals surface area contributed by atoms with Crippen LogP contribution in [0.15, 0.2) is 214 Å². The molecule has 0 amide bonds. The molecule has 0 N–H and O–H groups in total. The third-order valence-corrected chi connectivity index (χ3v) is 21.4.